The maximum absolute atomic E-state index is 4.43. The van der Waals surface area contributed by atoms with Crippen LogP contribution >= 0.6 is 0 Å². The lowest BCUT2D eigenvalue weighted by molar-refractivity contribution is -0.534. The lowest BCUT2D eigenvalue weighted by Crippen LogP contribution is -2.36. The van der Waals surface area contributed by atoms with Crippen molar-refractivity contribution < 1.29 is 4.68 Å². The molecule has 0 spiro atoms. The summed E-state index contributed by atoms with van der Waals surface area (Å²) >= 11 is 0. The monoisotopic (exact) mass is 250 g/mol. The minimum Gasteiger partial charge on any atom is -0.303 e. The third kappa shape index (κ3) is 4.20. The average Bonchev–Trinajstić information content (AvgIpc) is 2.77. The van der Waals surface area contributed by atoms with Crippen LogP contribution in [0.2, 0.25) is 0 Å². The smallest absolute Gasteiger partial charge is 0.181 e. The Balaban J connectivity index is 1.64. The van der Waals surface area contributed by atoms with Gasteiger partial charge >= 0.3 is 0 Å². The zero-order chi connectivity index (χ0) is 12.8. The SMILES string of the molecule is CCCCCN1CCC(C[N+]2=CC(C)C=N2)CC1. The molecule has 0 aromatic carbocycles. The van der Waals surface area contributed by atoms with Crippen molar-refractivity contribution >= 4 is 12.4 Å². The van der Waals surface area contributed by atoms with Crippen LogP contribution < -0.4 is 0 Å². The van der Waals surface area contributed by atoms with Crippen molar-refractivity contribution in [1.29, 1.82) is 0 Å². The standard InChI is InChI=1S/C15H28N3/c1-3-4-5-8-17-9-6-15(7-10-17)13-18-12-14(2)11-16-18/h11-12,14-15H,3-10,13H2,1-2H3/q+1. The van der Waals surface area contributed by atoms with Gasteiger partial charge in [-0.1, -0.05) is 24.4 Å². The number of hydrogen-bond donors (Lipinski definition) is 0. The van der Waals surface area contributed by atoms with Gasteiger partial charge in [0.15, 0.2) is 12.8 Å². The molecule has 0 bridgehead atoms. The molecule has 2 aliphatic rings. The second-order valence-electron chi connectivity index (χ2n) is 5.89. The number of unbranched alkanes of at least 4 members (excludes halogenated alkanes) is 2. The fourth-order valence-corrected chi connectivity index (χ4v) is 2.89. The highest BCUT2D eigenvalue weighted by Crippen LogP contribution is 2.18. The lowest BCUT2D eigenvalue weighted by Gasteiger charge is -2.30. The van der Waals surface area contributed by atoms with Gasteiger partial charge in [-0.25, -0.2) is 0 Å². The summed E-state index contributed by atoms with van der Waals surface area (Å²) in [6.07, 6.45) is 11.1. The van der Waals surface area contributed by atoms with Gasteiger partial charge in [-0.3, -0.25) is 0 Å². The zero-order valence-corrected chi connectivity index (χ0v) is 12.0. The molecular formula is C15H28N3+. The Hall–Kier alpha value is -0.700. The summed E-state index contributed by atoms with van der Waals surface area (Å²) in [5, 5.41) is 4.43. The van der Waals surface area contributed by atoms with Gasteiger partial charge in [-0.05, 0) is 50.9 Å². The van der Waals surface area contributed by atoms with E-state index in [1.54, 1.807) is 0 Å². The average molecular weight is 250 g/mol. The maximum atomic E-state index is 4.43. The minimum absolute atomic E-state index is 0.527. The number of piperidine rings is 1. The molecule has 2 aliphatic heterocycles. The summed E-state index contributed by atoms with van der Waals surface area (Å²) in [4.78, 5) is 2.64. The number of hydrazone groups is 1. The molecule has 2 rings (SSSR count). The van der Waals surface area contributed by atoms with Crippen molar-refractivity contribution in [2.45, 2.75) is 46.0 Å². The first-order valence-electron chi connectivity index (χ1n) is 7.66. The first-order valence-corrected chi connectivity index (χ1v) is 7.66. The van der Waals surface area contributed by atoms with E-state index in [9.17, 15) is 0 Å². The molecule has 0 saturated carbocycles. The fourth-order valence-electron chi connectivity index (χ4n) is 2.89. The number of likely N-dealkylation sites (tertiary alicyclic amines) is 1. The van der Waals surface area contributed by atoms with Crippen LogP contribution in [0.25, 0.3) is 0 Å². The Bertz CT molecular complexity index is 301. The van der Waals surface area contributed by atoms with E-state index in [4.69, 9.17) is 0 Å². The maximum Gasteiger partial charge on any atom is 0.181 e. The van der Waals surface area contributed by atoms with Crippen molar-refractivity contribution in [3.05, 3.63) is 0 Å². The number of hydrogen-bond acceptors (Lipinski definition) is 2. The highest BCUT2D eigenvalue weighted by molar-refractivity contribution is 5.82. The summed E-state index contributed by atoms with van der Waals surface area (Å²) in [5.41, 5.74) is 0. The largest absolute Gasteiger partial charge is 0.303 e. The predicted molar refractivity (Wildman–Crippen MR) is 77.5 cm³/mol. The second kappa shape index (κ2) is 7.03. The van der Waals surface area contributed by atoms with Crippen LogP contribution in [0, 0.1) is 11.8 Å². The molecule has 0 N–H and O–H groups in total. The van der Waals surface area contributed by atoms with E-state index in [0.29, 0.717) is 5.92 Å². The molecule has 3 nitrogen and oxygen atoms in total. The third-order valence-electron chi connectivity index (χ3n) is 4.09. The summed E-state index contributed by atoms with van der Waals surface area (Å²) in [5.74, 6) is 1.37. The van der Waals surface area contributed by atoms with Gasteiger partial charge in [0.2, 0.25) is 0 Å². The molecule has 1 atom stereocenters. The fraction of sp³-hybridized carbons (Fsp3) is 0.867. The Morgan fingerprint density at radius 1 is 1.28 bits per heavy atom. The summed E-state index contributed by atoms with van der Waals surface area (Å²) in [7, 11) is 0. The van der Waals surface area contributed by atoms with E-state index in [1.165, 1.54) is 51.7 Å². The first-order chi connectivity index (χ1) is 8.78. The molecule has 18 heavy (non-hydrogen) atoms. The van der Waals surface area contributed by atoms with Crippen LogP contribution in [0.5, 0.6) is 0 Å². The minimum atomic E-state index is 0.527. The number of rotatable bonds is 6. The quantitative estimate of drug-likeness (QED) is 0.523. The molecule has 0 aromatic rings. The zero-order valence-electron chi connectivity index (χ0n) is 12.0. The van der Waals surface area contributed by atoms with Crippen molar-refractivity contribution in [2.24, 2.45) is 16.9 Å². The van der Waals surface area contributed by atoms with Crippen LogP contribution in [0.15, 0.2) is 5.10 Å². The predicted octanol–water partition coefficient (Wildman–Crippen LogP) is 2.61. The van der Waals surface area contributed by atoms with E-state index in [0.717, 1.165) is 12.5 Å². The van der Waals surface area contributed by atoms with E-state index in [-0.39, 0.29) is 0 Å². The van der Waals surface area contributed by atoms with E-state index in [1.807, 2.05) is 6.21 Å². The molecule has 3 heteroatoms. The van der Waals surface area contributed by atoms with E-state index >= 15 is 0 Å². The Morgan fingerprint density at radius 2 is 2.06 bits per heavy atom. The van der Waals surface area contributed by atoms with E-state index in [2.05, 4.69) is 34.7 Å². The van der Waals surface area contributed by atoms with Gasteiger partial charge < -0.3 is 4.90 Å². The highest BCUT2D eigenvalue weighted by atomic mass is 15.4. The van der Waals surface area contributed by atoms with Crippen molar-refractivity contribution in [1.82, 2.24) is 4.90 Å². The van der Waals surface area contributed by atoms with Crippen LogP contribution in [0.3, 0.4) is 0 Å². The van der Waals surface area contributed by atoms with Crippen LogP contribution in [-0.2, 0) is 0 Å². The van der Waals surface area contributed by atoms with Gasteiger partial charge in [-0.15, -0.1) is 0 Å². The van der Waals surface area contributed by atoms with Crippen LogP contribution in [-0.4, -0.2) is 48.2 Å². The van der Waals surface area contributed by atoms with Crippen molar-refractivity contribution in [3.63, 3.8) is 0 Å². The van der Waals surface area contributed by atoms with Crippen molar-refractivity contribution in [2.75, 3.05) is 26.2 Å². The van der Waals surface area contributed by atoms with Gasteiger partial charge in [0.1, 0.15) is 0 Å². The summed E-state index contributed by atoms with van der Waals surface area (Å²) in [6.45, 7) is 9.50. The van der Waals surface area contributed by atoms with Gasteiger partial charge in [0.25, 0.3) is 0 Å². The van der Waals surface area contributed by atoms with Gasteiger partial charge in [0.05, 0.1) is 12.1 Å². The molecule has 2 heterocycles. The molecule has 1 unspecified atom stereocenters. The lowest BCUT2D eigenvalue weighted by atomic mass is 9.96. The Labute approximate surface area is 112 Å². The summed E-state index contributed by atoms with van der Waals surface area (Å²) < 4.78 is 2.15. The van der Waals surface area contributed by atoms with E-state index < -0.39 is 0 Å². The molecule has 1 fully saturated rings. The molecule has 102 valence electrons. The Kier molecular flexibility index (Phi) is 5.36. The molecular weight excluding hydrogens is 222 g/mol. The van der Waals surface area contributed by atoms with Crippen LogP contribution in [0.1, 0.15) is 46.0 Å². The second-order valence-corrected chi connectivity index (χ2v) is 5.89. The van der Waals surface area contributed by atoms with Gasteiger partial charge in [0, 0.05) is 5.92 Å². The topological polar surface area (TPSA) is 18.6 Å². The molecule has 0 aliphatic carbocycles. The molecule has 0 amide bonds. The normalized spacial score (nSPS) is 25.7. The Morgan fingerprint density at radius 3 is 2.67 bits per heavy atom. The van der Waals surface area contributed by atoms with Crippen molar-refractivity contribution in [3.8, 4) is 0 Å². The molecule has 0 aromatic heterocycles. The highest BCUT2D eigenvalue weighted by Gasteiger charge is 2.24. The number of nitrogens with zero attached hydrogens (tertiary/aromatic N) is 3. The van der Waals surface area contributed by atoms with Gasteiger partial charge in [-0.2, -0.15) is 0 Å². The summed E-state index contributed by atoms with van der Waals surface area (Å²) in [6, 6.07) is 0. The van der Waals surface area contributed by atoms with Crippen LogP contribution in [0.4, 0.5) is 0 Å². The first kappa shape index (κ1) is 13.7. The molecule has 1 saturated heterocycles. The third-order valence-corrected chi connectivity index (χ3v) is 4.09. The molecule has 0 radical (unpaired) electrons.